The largest absolute Gasteiger partial charge is 0.486 e. The zero-order chi connectivity index (χ0) is 18.9. The summed E-state index contributed by atoms with van der Waals surface area (Å²) in [6.07, 6.45) is 0.474. The monoisotopic (exact) mass is 352 g/mol. The SMILES string of the molecule is CCC(CNC(=NC)NCC(=O)NC(C)(C)C)Oc1ccccc1F. The standard InChI is InChI=1S/C18H29FN4O2/c1-6-13(25-15-10-8-7-9-14(15)19)11-21-17(20-5)22-12-16(24)23-18(2,3)4/h7-10,13H,6,11-12H2,1-5H3,(H,23,24)(H2,20,21,22). The number of ether oxygens (including phenoxy) is 1. The van der Waals surface area contributed by atoms with E-state index in [1.165, 1.54) is 6.07 Å². The molecule has 1 amide bonds. The molecule has 0 heterocycles. The van der Waals surface area contributed by atoms with Gasteiger partial charge < -0.3 is 20.7 Å². The molecule has 0 fully saturated rings. The van der Waals surface area contributed by atoms with Gasteiger partial charge in [-0.25, -0.2) is 4.39 Å². The number of hydrogen-bond acceptors (Lipinski definition) is 3. The summed E-state index contributed by atoms with van der Waals surface area (Å²) in [5.74, 6) is 0.204. The van der Waals surface area contributed by atoms with Crippen LogP contribution in [0.1, 0.15) is 34.1 Å². The lowest BCUT2D eigenvalue weighted by molar-refractivity contribution is -0.121. The first-order valence-electron chi connectivity index (χ1n) is 8.42. The minimum absolute atomic E-state index is 0.113. The highest BCUT2D eigenvalue weighted by atomic mass is 19.1. The Bertz CT molecular complexity index is 585. The van der Waals surface area contributed by atoms with Gasteiger partial charge in [-0.1, -0.05) is 19.1 Å². The van der Waals surface area contributed by atoms with Crippen LogP contribution in [-0.2, 0) is 4.79 Å². The summed E-state index contributed by atoms with van der Waals surface area (Å²) in [5, 5.41) is 8.90. The van der Waals surface area contributed by atoms with Crippen LogP contribution < -0.4 is 20.7 Å². The number of aliphatic imine (C=N–C) groups is 1. The van der Waals surface area contributed by atoms with Crippen molar-refractivity contribution < 1.29 is 13.9 Å². The number of nitrogens with zero attached hydrogens (tertiary/aromatic N) is 1. The number of carbonyl (C=O) groups excluding carboxylic acids is 1. The van der Waals surface area contributed by atoms with E-state index in [0.717, 1.165) is 0 Å². The van der Waals surface area contributed by atoms with Crippen LogP contribution in [0, 0.1) is 5.82 Å². The molecule has 7 heteroatoms. The van der Waals surface area contributed by atoms with Crippen molar-refractivity contribution in [1.82, 2.24) is 16.0 Å². The van der Waals surface area contributed by atoms with Gasteiger partial charge in [0.15, 0.2) is 17.5 Å². The van der Waals surface area contributed by atoms with Gasteiger partial charge in [-0.2, -0.15) is 0 Å². The summed E-state index contributed by atoms with van der Waals surface area (Å²) in [6, 6.07) is 6.31. The number of guanidine groups is 1. The Morgan fingerprint density at radius 1 is 1.28 bits per heavy atom. The highest BCUT2D eigenvalue weighted by Crippen LogP contribution is 2.17. The van der Waals surface area contributed by atoms with E-state index in [0.29, 0.717) is 18.9 Å². The number of nitrogens with one attached hydrogen (secondary N) is 3. The predicted molar refractivity (Wildman–Crippen MR) is 98.4 cm³/mol. The summed E-state index contributed by atoms with van der Waals surface area (Å²) >= 11 is 0. The van der Waals surface area contributed by atoms with Crippen LogP contribution in [0.15, 0.2) is 29.3 Å². The van der Waals surface area contributed by atoms with Gasteiger partial charge in [0.2, 0.25) is 5.91 Å². The second kappa shape index (κ2) is 9.86. The van der Waals surface area contributed by atoms with Crippen molar-refractivity contribution in [3.63, 3.8) is 0 Å². The van der Waals surface area contributed by atoms with Gasteiger partial charge in [0.1, 0.15) is 6.10 Å². The van der Waals surface area contributed by atoms with Crippen LogP contribution in [0.3, 0.4) is 0 Å². The lowest BCUT2D eigenvalue weighted by Gasteiger charge is -2.22. The van der Waals surface area contributed by atoms with Gasteiger partial charge in [0.25, 0.3) is 0 Å². The van der Waals surface area contributed by atoms with Gasteiger partial charge in [0.05, 0.1) is 13.1 Å². The average Bonchev–Trinajstić information content (AvgIpc) is 2.53. The molecule has 1 unspecified atom stereocenters. The summed E-state index contributed by atoms with van der Waals surface area (Å²) < 4.78 is 19.4. The molecule has 0 saturated carbocycles. The molecular weight excluding hydrogens is 323 g/mol. The van der Waals surface area contributed by atoms with Crippen molar-refractivity contribution in [2.75, 3.05) is 20.1 Å². The minimum Gasteiger partial charge on any atom is -0.486 e. The normalized spacial score (nSPS) is 13.1. The third-order valence-corrected chi connectivity index (χ3v) is 3.24. The molecule has 0 aliphatic rings. The Morgan fingerprint density at radius 2 is 1.96 bits per heavy atom. The third kappa shape index (κ3) is 8.37. The van der Waals surface area contributed by atoms with Gasteiger partial charge in [-0.3, -0.25) is 9.79 Å². The molecule has 140 valence electrons. The van der Waals surface area contributed by atoms with Crippen molar-refractivity contribution in [1.29, 1.82) is 0 Å². The first kappa shape index (κ1) is 20.7. The highest BCUT2D eigenvalue weighted by Gasteiger charge is 2.15. The fourth-order valence-electron chi connectivity index (χ4n) is 2.05. The van der Waals surface area contributed by atoms with Crippen molar-refractivity contribution in [3.05, 3.63) is 30.1 Å². The molecule has 6 nitrogen and oxygen atoms in total. The fraction of sp³-hybridized carbons (Fsp3) is 0.556. The zero-order valence-corrected chi connectivity index (χ0v) is 15.6. The second-order valence-corrected chi connectivity index (χ2v) is 6.68. The van der Waals surface area contributed by atoms with Crippen LogP contribution in [0.5, 0.6) is 5.75 Å². The molecule has 0 aromatic heterocycles. The molecule has 0 aliphatic heterocycles. The fourth-order valence-corrected chi connectivity index (χ4v) is 2.05. The predicted octanol–water partition coefficient (Wildman–Crippen LogP) is 2.06. The molecule has 0 saturated heterocycles. The Labute approximate surface area is 149 Å². The van der Waals surface area contributed by atoms with Crippen molar-refractivity contribution in [3.8, 4) is 5.75 Å². The van der Waals surface area contributed by atoms with E-state index < -0.39 is 0 Å². The van der Waals surface area contributed by atoms with Crippen LogP contribution in [-0.4, -0.2) is 43.6 Å². The maximum absolute atomic E-state index is 13.7. The van der Waals surface area contributed by atoms with Crippen LogP contribution in [0.2, 0.25) is 0 Å². The van der Waals surface area contributed by atoms with E-state index in [4.69, 9.17) is 4.74 Å². The number of amides is 1. The molecule has 3 N–H and O–H groups in total. The number of para-hydroxylation sites is 1. The second-order valence-electron chi connectivity index (χ2n) is 6.68. The van der Waals surface area contributed by atoms with E-state index in [1.54, 1.807) is 25.2 Å². The molecule has 1 atom stereocenters. The van der Waals surface area contributed by atoms with Crippen molar-refractivity contribution in [2.24, 2.45) is 4.99 Å². The minimum atomic E-state index is -0.387. The van der Waals surface area contributed by atoms with E-state index >= 15 is 0 Å². The molecular formula is C18H29FN4O2. The summed E-state index contributed by atoms with van der Waals surface area (Å²) in [5.41, 5.74) is -0.281. The molecule has 0 spiro atoms. The maximum atomic E-state index is 13.7. The van der Waals surface area contributed by atoms with Gasteiger partial charge in [0, 0.05) is 12.6 Å². The first-order chi connectivity index (χ1) is 11.7. The maximum Gasteiger partial charge on any atom is 0.239 e. The molecule has 0 aliphatic carbocycles. The first-order valence-corrected chi connectivity index (χ1v) is 8.42. The van der Waals surface area contributed by atoms with Crippen LogP contribution >= 0.6 is 0 Å². The van der Waals surface area contributed by atoms with E-state index in [2.05, 4.69) is 20.9 Å². The zero-order valence-electron chi connectivity index (χ0n) is 15.6. The average molecular weight is 352 g/mol. The molecule has 25 heavy (non-hydrogen) atoms. The highest BCUT2D eigenvalue weighted by molar-refractivity contribution is 5.86. The molecule has 0 radical (unpaired) electrons. The smallest absolute Gasteiger partial charge is 0.239 e. The van der Waals surface area contributed by atoms with Crippen molar-refractivity contribution in [2.45, 2.75) is 45.8 Å². The molecule has 0 bridgehead atoms. The molecule has 1 rings (SSSR count). The van der Waals surface area contributed by atoms with Gasteiger partial charge in [-0.05, 0) is 39.3 Å². The molecule has 1 aromatic carbocycles. The van der Waals surface area contributed by atoms with Crippen molar-refractivity contribution >= 4 is 11.9 Å². The van der Waals surface area contributed by atoms with Gasteiger partial charge >= 0.3 is 0 Å². The van der Waals surface area contributed by atoms with Gasteiger partial charge in [-0.15, -0.1) is 0 Å². The quantitative estimate of drug-likeness (QED) is 0.519. The lowest BCUT2D eigenvalue weighted by Crippen LogP contribution is -2.49. The lowest BCUT2D eigenvalue weighted by atomic mass is 10.1. The van der Waals surface area contributed by atoms with E-state index in [9.17, 15) is 9.18 Å². The Balaban J connectivity index is 2.47. The number of carbonyl (C=O) groups is 1. The Kier molecular flexibility index (Phi) is 8.18. The summed E-state index contributed by atoms with van der Waals surface area (Å²) in [4.78, 5) is 15.9. The Morgan fingerprint density at radius 3 is 2.52 bits per heavy atom. The third-order valence-electron chi connectivity index (χ3n) is 3.24. The number of halogens is 1. The van der Waals surface area contributed by atoms with Crippen LogP contribution in [0.4, 0.5) is 4.39 Å². The Hall–Kier alpha value is -2.31. The molecule has 1 aromatic rings. The summed E-state index contributed by atoms with van der Waals surface area (Å²) in [6.45, 7) is 8.27. The van der Waals surface area contributed by atoms with E-state index in [-0.39, 0.29) is 35.7 Å². The van der Waals surface area contributed by atoms with E-state index in [1.807, 2.05) is 27.7 Å². The topological polar surface area (TPSA) is 74.8 Å². The summed E-state index contributed by atoms with van der Waals surface area (Å²) in [7, 11) is 1.62. The number of rotatable bonds is 7. The van der Waals surface area contributed by atoms with Crippen LogP contribution in [0.25, 0.3) is 0 Å². The number of benzene rings is 1. The number of hydrogen-bond donors (Lipinski definition) is 3.